The van der Waals surface area contributed by atoms with Crippen LogP contribution in [0.25, 0.3) is 10.8 Å². The number of anilines is 1. The molecule has 0 spiro atoms. The van der Waals surface area contributed by atoms with E-state index in [1.54, 1.807) is 12.1 Å². The molecule has 0 saturated heterocycles. The van der Waals surface area contributed by atoms with Gasteiger partial charge in [0.05, 0.1) is 6.21 Å². The van der Waals surface area contributed by atoms with Crippen LogP contribution in [0, 0.1) is 23.5 Å². The first-order valence-electron chi connectivity index (χ1n) is 6.54. The van der Waals surface area contributed by atoms with Gasteiger partial charge in [-0.2, -0.15) is 27.6 Å². The maximum absolute atomic E-state index is 13.4. The van der Waals surface area contributed by atoms with Gasteiger partial charge in [0.25, 0.3) is 11.9 Å². The summed E-state index contributed by atoms with van der Waals surface area (Å²) >= 11 is 0. The molecular weight excluding hydrogens is 310 g/mol. The van der Waals surface area contributed by atoms with Gasteiger partial charge in [0, 0.05) is 5.56 Å². The first-order valence-corrected chi connectivity index (χ1v) is 6.54. The lowest BCUT2D eigenvalue weighted by Gasteiger charge is -2.05. The second-order valence-electron chi connectivity index (χ2n) is 4.63. The molecule has 0 amide bonds. The lowest BCUT2D eigenvalue weighted by molar-refractivity contribution is 0.411. The van der Waals surface area contributed by atoms with E-state index in [9.17, 15) is 17.6 Å². The highest BCUT2D eigenvalue weighted by Gasteiger charge is 2.20. The lowest BCUT2D eigenvalue weighted by Crippen LogP contribution is -2.05. The summed E-state index contributed by atoms with van der Waals surface area (Å²) in [6.07, 6.45) is 1.30. The standard InChI is InChI=1S/C16H9F4N3/c17-12-14(13(18)16(20)22-15(12)19)23-21-8-10-6-3-5-9-4-1-2-7-11(9)10/h1-8H,(H,22,23)/b21-8-. The van der Waals surface area contributed by atoms with Crippen molar-refractivity contribution in [2.24, 2.45) is 5.10 Å². The number of hydrogen-bond acceptors (Lipinski definition) is 3. The third-order valence-corrected chi connectivity index (χ3v) is 3.20. The van der Waals surface area contributed by atoms with E-state index in [4.69, 9.17) is 0 Å². The third kappa shape index (κ3) is 2.85. The second kappa shape index (κ2) is 6.04. The van der Waals surface area contributed by atoms with Gasteiger partial charge in [0.2, 0.25) is 11.6 Å². The predicted molar refractivity (Wildman–Crippen MR) is 79.2 cm³/mol. The first kappa shape index (κ1) is 15.0. The topological polar surface area (TPSA) is 37.3 Å². The quantitative estimate of drug-likeness (QED) is 0.339. The molecule has 3 rings (SSSR count). The van der Waals surface area contributed by atoms with Crippen molar-refractivity contribution in [3.63, 3.8) is 0 Å². The fraction of sp³-hybridized carbons (Fsp3) is 0. The van der Waals surface area contributed by atoms with Gasteiger partial charge in [-0.25, -0.2) is 0 Å². The van der Waals surface area contributed by atoms with Crippen LogP contribution in [-0.4, -0.2) is 11.2 Å². The van der Waals surface area contributed by atoms with E-state index in [0.29, 0.717) is 5.56 Å². The molecule has 0 fully saturated rings. The van der Waals surface area contributed by atoms with Crippen molar-refractivity contribution < 1.29 is 17.6 Å². The van der Waals surface area contributed by atoms with Crippen LogP contribution in [-0.2, 0) is 0 Å². The second-order valence-corrected chi connectivity index (χ2v) is 4.63. The Kier molecular flexibility index (Phi) is 3.92. The van der Waals surface area contributed by atoms with Crippen LogP contribution in [0.1, 0.15) is 5.56 Å². The van der Waals surface area contributed by atoms with E-state index in [2.05, 4.69) is 10.1 Å². The summed E-state index contributed by atoms with van der Waals surface area (Å²) in [5, 5.41) is 5.47. The molecule has 116 valence electrons. The molecule has 1 heterocycles. The first-order chi connectivity index (χ1) is 11.1. The maximum Gasteiger partial charge on any atom is 0.254 e. The molecule has 0 aliphatic heterocycles. The minimum absolute atomic E-state index is 0.673. The molecule has 0 aliphatic rings. The maximum atomic E-state index is 13.4. The van der Waals surface area contributed by atoms with Crippen LogP contribution in [0.4, 0.5) is 23.2 Å². The molecule has 3 nitrogen and oxygen atoms in total. The van der Waals surface area contributed by atoms with Crippen LogP contribution in [0.2, 0.25) is 0 Å². The van der Waals surface area contributed by atoms with Crippen LogP contribution < -0.4 is 5.43 Å². The normalized spacial score (nSPS) is 11.3. The summed E-state index contributed by atoms with van der Waals surface area (Å²) < 4.78 is 52.9. The summed E-state index contributed by atoms with van der Waals surface area (Å²) in [5.41, 5.74) is 1.61. The van der Waals surface area contributed by atoms with Crippen molar-refractivity contribution in [2.45, 2.75) is 0 Å². The van der Waals surface area contributed by atoms with Gasteiger partial charge in [-0.15, -0.1) is 0 Å². The molecule has 3 aromatic rings. The van der Waals surface area contributed by atoms with Crippen molar-refractivity contribution in [1.82, 2.24) is 4.98 Å². The number of nitrogens with zero attached hydrogens (tertiary/aromatic N) is 2. The molecule has 1 aromatic heterocycles. The highest BCUT2D eigenvalue weighted by Crippen LogP contribution is 2.22. The highest BCUT2D eigenvalue weighted by molar-refractivity contribution is 5.99. The molecule has 2 aromatic carbocycles. The van der Waals surface area contributed by atoms with E-state index >= 15 is 0 Å². The molecule has 0 atom stereocenters. The number of hydrogen-bond donors (Lipinski definition) is 1. The van der Waals surface area contributed by atoms with E-state index in [0.717, 1.165) is 10.8 Å². The van der Waals surface area contributed by atoms with Crippen LogP contribution >= 0.6 is 0 Å². The predicted octanol–water partition coefficient (Wildman–Crippen LogP) is 4.24. The summed E-state index contributed by atoms with van der Waals surface area (Å²) in [6, 6.07) is 12.9. The Morgan fingerprint density at radius 3 is 2.26 bits per heavy atom. The molecule has 0 bridgehead atoms. The molecule has 0 saturated carbocycles. The van der Waals surface area contributed by atoms with Gasteiger partial charge < -0.3 is 0 Å². The molecule has 1 N–H and O–H groups in total. The Hall–Kier alpha value is -2.96. The number of halogens is 4. The number of rotatable bonds is 3. The van der Waals surface area contributed by atoms with Gasteiger partial charge in [-0.05, 0) is 10.8 Å². The molecule has 0 aliphatic carbocycles. The SMILES string of the molecule is Fc1nc(F)c(F)c(N/N=C\c2cccc3ccccc23)c1F. The van der Waals surface area contributed by atoms with Crippen LogP contribution in [0.15, 0.2) is 47.6 Å². The summed E-state index contributed by atoms with van der Waals surface area (Å²) in [7, 11) is 0. The Morgan fingerprint density at radius 1 is 0.870 bits per heavy atom. The Labute approximate surface area is 128 Å². The van der Waals surface area contributed by atoms with Gasteiger partial charge in [0.15, 0.2) is 0 Å². The van der Waals surface area contributed by atoms with Gasteiger partial charge >= 0.3 is 0 Å². The minimum Gasteiger partial charge on any atom is -0.272 e. The average Bonchev–Trinajstić information content (AvgIpc) is 2.56. The van der Waals surface area contributed by atoms with Gasteiger partial charge in [-0.3, -0.25) is 5.43 Å². The van der Waals surface area contributed by atoms with Crippen molar-refractivity contribution in [3.05, 3.63) is 71.6 Å². The van der Waals surface area contributed by atoms with Crippen molar-refractivity contribution in [3.8, 4) is 0 Å². The highest BCUT2D eigenvalue weighted by atomic mass is 19.2. The van der Waals surface area contributed by atoms with Gasteiger partial charge in [0.1, 0.15) is 5.69 Å². The average molecular weight is 319 g/mol. The van der Waals surface area contributed by atoms with Crippen molar-refractivity contribution in [1.29, 1.82) is 0 Å². The fourth-order valence-corrected chi connectivity index (χ4v) is 2.11. The van der Waals surface area contributed by atoms with Gasteiger partial charge in [-0.1, -0.05) is 42.5 Å². The minimum atomic E-state index is -1.74. The van der Waals surface area contributed by atoms with E-state index < -0.39 is 29.2 Å². The fourth-order valence-electron chi connectivity index (χ4n) is 2.11. The van der Waals surface area contributed by atoms with Crippen molar-refractivity contribution in [2.75, 3.05) is 5.43 Å². The van der Waals surface area contributed by atoms with E-state index in [-0.39, 0.29) is 0 Å². The number of fused-ring (bicyclic) bond motifs is 1. The number of hydrazone groups is 1. The number of benzene rings is 2. The van der Waals surface area contributed by atoms with Crippen molar-refractivity contribution >= 4 is 22.7 Å². The number of pyridine rings is 1. The summed E-state index contributed by atoms with van der Waals surface area (Å²) in [4.78, 5) is 2.47. The molecular formula is C16H9F4N3. The lowest BCUT2D eigenvalue weighted by atomic mass is 10.1. The zero-order chi connectivity index (χ0) is 16.4. The van der Waals surface area contributed by atoms with E-state index in [1.165, 1.54) is 6.21 Å². The van der Waals surface area contributed by atoms with E-state index in [1.807, 2.05) is 35.8 Å². The number of nitrogens with one attached hydrogen (secondary N) is 1. The summed E-state index contributed by atoms with van der Waals surface area (Å²) in [6.45, 7) is 0. The van der Waals surface area contributed by atoms with Crippen LogP contribution in [0.3, 0.4) is 0 Å². The molecule has 0 radical (unpaired) electrons. The zero-order valence-corrected chi connectivity index (χ0v) is 11.5. The Bertz CT molecular complexity index is 878. The largest absolute Gasteiger partial charge is 0.272 e. The van der Waals surface area contributed by atoms with Crippen LogP contribution in [0.5, 0.6) is 0 Å². The molecule has 23 heavy (non-hydrogen) atoms. The smallest absolute Gasteiger partial charge is 0.254 e. The number of aromatic nitrogens is 1. The monoisotopic (exact) mass is 319 g/mol. The third-order valence-electron chi connectivity index (χ3n) is 3.20. The Balaban J connectivity index is 1.93. The summed E-state index contributed by atoms with van der Waals surface area (Å²) in [5.74, 6) is -6.77. The molecule has 0 unspecified atom stereocenters. The zero-order valence-electron chi connectivity index (χ0n) is 11.5. The molecule has 7 heteroatoms. The Morgan fingerprint density at radius 2 is 1.52 bits per heavy atom.